The average Bonchev–Trinajstić information content (AvgIpc) is 2.79. The summed E-state index contributed by atoms with van der Waals surface area (Å²) in [6, 6.07) is 0. The Bertz CT molecular complexity index is 436. The third-order valence-corrected chi connectivity index (χ3v) is 4.82. The van der Waals surface area contributed by atoms with E-state index in [1.165, 1.54) is 4.90 Å². The van der Waals surface area contributed by atoms with E-state index in [-0.39, 0.29) is 35.6 Å². The van der Waals surface area contributed by atoms with Gasteiger partial charge in [0.25, 0.3) is 0 Å². The van der Waals surface area contributed by atoms with Crippen molar-refractivity contribution < 1.29 is 14.4 Å². The molecule has 19 heavy (non-hydrogen) atoms. The van der Waals surface area contributed by atoms with Crippen LogP contribution >= 0.6 is 0 Å². The summed E-state index contributed by atoms with van der Waals surface area (Å²) in [6.45, 7) is 5.79. The van der Waals surface area contributed by atoms with Crippen LogP contribution in [0.15, 0.2) is 0 Å². The van der Waals surface area contributed by atoms with Gasteiger partial charge in [0.1, 0.15) is 0 Å². The first-order valence-corrected chi connectivity index (χ1v) is 6.51. The molecule has 2 aliphatic rings. The fourth-order valence-electron chi connectivity index (χ4n) is 2.93. The van der Waals surface area contributed by atoms with Gasteiger partial charge in [-0.25, -0.2) is 0 Å². The van der Waals surface area contributed by atoms with Crippen LogP contribution in [0.3, 0.4) is 0 Å². The Hall–Kier alpha value is -1.43. The molecular weight excluding hydrogens is 246 g/mol. The van der Waals surface area contributed by atoms with Gasteiger partial charge in [-0.05, 0) is 25.8 Å². The summed E-state index contributed by atoms with van der Waals surface area (Å²) in [5.74, 6) is -1.05. The zero-order valence-corrected chi connectivity index (χ0v) is 11.8. The van der Waals surface area contributed by atoms with Gasteiger partial charge in [-0.15, -0.1) is 0 Å². The predicted octanol–water partition coefficient (Wildman–Crippen LogP) is -0.519. The topological polar surface area (TPSA) is 92.5 Å². The number of nitrogens with zero attached hydrogens (tertiary/aromatic N) is 1. The normalized spacial score (nSPS) is 31.1. The van der Waals surface area contributed by atoms with Crippen molar-refractivity contribution in [1.82, 2.24) is 10.2 Å². The van der Waals surface area contributed by atoms with E-state index < -0.39 is 11.4 Å². The fourth-order valence-corrected chi connectivity index (χ4v) is 2.93. The lowest BCUT2D eigenvalue weighted by molar-refractivity contribution is -0.143. The van der Waals surface area contributed by atoms with Crippen molar-refractivity contribution in [1.29, 1.82) is 0 Å². The summed E-state index contributed by atoms with van der Waals surface area (Å²) in [5, 5.41) is 2.85. The van der Waals surface area contributed by atoms with Crippen molar-refractivity contribution in [3.8, 4) is 0 Å². The summed E-state index contributed by atoms with van der Waals surface area (Å²) in [6.07, 6.45) is 0.330. The molecular formula is C13H21N3O3. The van der Waals surface area contributed by atoms with Crippen molar-refractivity contribution in [2.75, 3.05) is 13.6 Å². The molecule has 0 spiro atoms. The molecule has 0 aromatic rings. The van der Waals surface area contributed by atoms with Gasteiger partial charge in [0.2, 0.25) is 17.7 Å². The number of nitrogens with one attached hydrogen (secondary N) is 1. The lowest BCUT2D eigenvalue weighted by Gasteiger charge is -2.28. The van der Waals surface area contributed by atoms with Crippen LogP contribution in [0.1, 0.15) is 27.2 Å². The number of carbonyl (C=O) groups is 3. The van der Waals surface area contributed by atoms with Crippen molar-refractivity contribution >= 4 is 17.7 Å². The first kappa shape index (κ1) is 14.0. The minimum absolute atomic E-state index is 0.108. The molecule has 3 unspecified atom stereocenters. The lowest BCUT2D eigenvalue weighted by atomic mass is 9.96. The summed E-state index contributed by atoms with van der Waals surface area (Å²) >= 11 is 0. The second-order valence-corrected chi connectivity index (χ2v) is 6.30. The van der Waals surface area contributed by atoms with Gasteiger partial charge in [-0.2, -0.15) is 0 Å². The van der Waals surface area contributed by atoms with Gasteiger partial charge in [0, 0.05) is 6.54 Å². The Balaban J connectivity index is 2.02. The number of nitrogens with two attached hydrogens (primary N) is 1. The maximum atomic E-state index is 12.1. The first-order valence-electron chi connectivity index (χ1n) is 6.51. The predicted molar refractivity (Wildman–Crippen MR) is 68.8 cm³/mol. The molecule has 3 amide bonds. The minimum Gasteiger partial charge on any atom is -0.368 e. The second-order valence-electron chi connectivity index (χ2n) is 6.30. The lowest BCUT2D eigenvalue weighted by Crippen LogP contribution is -2.53. The van der Waals surface area contributed by atoms with Crippen LogP contribution in [-0.2, 0) is 14.4 Å². The Morgan fingerprint density at radius 2 is 1.84 bits per heavy atom. The van der Waals surface area contributed by atoms with E-state index in [0.29, 0.717) is 6.42 Å². The van der Waals surface area contributed by atoms with Crippen LogP contribution < -0.4 is 11.1 Å². The number of imide groups is 1. The van der Waals surface area contributed by atoms with Gasteiger partial charge < -0.3 is 11.1 Å². The molecule has 1 saturated heterocycles. The highest BCUT2D eigenvalue weighted by Gasteiger charge is 2.72. The van der Waals surface area contributed by atoms with Crippen LogP contribution in [0.4, 0.5) is 0 Å². The Kier molecular flexibility index (Phi) is 2.97. The molecule has 3 N–H and O–H groups in total. The van der Waals surface area contributed by atoms with Gasteiger partial charge in [0.05, 0.1) is 17.4 Å². The first-order chi connectivity index (χ1) is 8.66. The maximum Gasteiger partial charge on any atom is 0.237 e. The number of amides is 3. The monoisotopic (exact) mass is 267 g/mol. The number of likely N-dealkylation sites (tertiary alicyclic amines) is 1. The quantitative estimate of drug-likeness (QED) is 0.656. The summed E-state index contributed by atoms with van der Waals surface area (Å²) in [5.41, 5.74) is 4.23. The molecule has 0 aromatic carbocycles. The number of carbonyl (C=O) groups excluding carboxylic acids is 3. The maximum absolute atomic E-state index is 12.1. The van der Waals surface area contributed by atoms with Crippen molar-refractivity contribution in [2.45, 2.75) is 32.7 Å². The molecule has 1 aliphatic heterocycles. The molecule has 6 heteroatoms. The molecule has 2 fully saturated rings. The Morgan fingerprint density at radius 3 is 2.21 bits per heavy atom. The smallest absolute Gasteiger partial charge is 0.237 e. The van der Waals surface area contributed by atoms with Gasteiger partial charge in [-0.3, -0.25) is 19.3 Å². The molecule has 106 valence electrons. The number of primary amides is 1. The van der Waals surface area contributed by atoms with Crippen LogP contribution in [0.5, 0.6) is 0 Å². The van der Waals surface area contributed by atoms with E-state index in [2.05, 4.69) is 5.32 Å². The SMILES string of the molecule is CNC(C)(CCN1C(=O)C2C(C1=O)C2(C)C)C(N)=O. The van der Waals surface area contributed by atoms with Crippen LogP contribution in [0.25, 0.3) is 0 Å². The fraction of sp³-hybridized carbons (Fsp3) is 0.769. The van der Waals surface area contributed by atoms with E-state index in [9.17, 15) is 14.4 Å². The molecule has 1 heterocycles. The number of hydrogen-bond donors (Lipinski definition) is 2. The largest absolute Gasteiger partial charge is 0.368 e. The number of hydrogen-bond acceptors (Lipinski definition) is 4. The number of piperidine rings is 1. The minimum atomic E-state index is -0.900. The van der Waals surface area contributed by atoms with E-state index in [1.807, 2.05) is 13.8 Å². The van der Waals surface area contributed by atoms with Crippen molar-refractivity contribution in [3.05, 3.63) is 0 Å². The van der Waals surface area contributed by atoms with Crippen LogP contribution in [0.2, 0.25) is 0 Å². The second kappa shape index (κ2) is 4.03. The molecule has 0 bridgehead atoms. The number of fused-ring (bicyclic) bond motifs is 1. The van der Waals surface area contributed by atoms with E-state index in [1.54, 1.807) is 14.0 Å². The van der Waals surface area contributed by atoms with Crippen molar-refractivity contribution in [2.24, 2.45) is 23.0 Å². The van der Waals surface area contributed by atoms with Crippen LogP contribution in [-0.4, -0.2) is 41.8 Å². The van der Waals surface area contributed by atoms with E-state index >= 15 is 0 Å². The van der Waals surface area contributed by atoms with Crippen molar-refractivity contribution in [3.63, 3.8) is 0 Å². The van der Waals surface area contributed by atoms with E-state index in [0.717, 1.165) is 0 Å². The van der Waals surface area contributed by atoms with Crippen LogP contribution in [0, 0.1) is 17.3 Å². The molecule has 0 aromatic heterocycles. The van der Waals surface area contributed by atoms with Gasteiger partial charge in [-0.1, -0.05) is 13.8 Å². The molecule has 3 atom stereocenters. The Morgan fingerprint density at radius 1 is 1.37 bits per heavy atom. The zero-order chi connectivity index (χ0) is 14.6. The highest BCUT2D eigenvalue weighted by Crippen LogP contribution is 2.63. The molecule has 1 saturated carbocycles. The van der Waals surface area contributed by atoms with E-state index in [4.69, 9.17) is 5.73 Å². The highest BCUT2D eigenvalue weighted by molar-refractivity contribution is 6.10. The Labute approximate surface area is 112 Å². The molecule has 0 radical (unpaired) electrons. The number of likely N-dealkylation sites (N-methyl/N-ethyl adjacent to an activating group) is 1. The highest BCUT2D eigenvalue weighted by atomic mass is 16.2. The summed E-state index contributed by atoms with van der Waals surface area (Å²) in [7, 11) is 1.64. The zero-order valence-electron chi connectivity index (χ0n) is 11.8. The average molecular weight is 267 g/mol. The molecule has 6 nitrogen and oxygen atoms in total. The molecule has 1 aliphatic carbocycles. The van der Waals surface area contributed by atoms with Gasteiger partial charge in [0.15, 0.2) is 0 Å². The summed E-state index contributed by atoms with van der Waals surface area (Å²) < 4.78 is 0. The third kappa shape index (κ3) is 1.85. The summed E-state index contributed by atoms with van der Waals surface area (Å²) in [4.78, 5) is 36.9. The third-order valence-electron chi connectivity index (χ3n) is 4.82. The van der Waals surface area contributed by atoms with Gasteiger partial charge >= 0.3 is 0 Å². The number of rotatable bonds is 5. The standard InChI is InChI=1S/C13H21N3O3/c1-12(2)7-8(12)10(18)16(9(7)17)6-5-13(3,15-4)11(14)19/h7-8,15H,5-6H2,1-4H3,(H2,14,19). The molecule has 2 rings (SSSR count).